The van der Waals surface area contributed by atoms with E-state index in [1.165, 1.54) is 6.33 Å². The number of aromatic hydroxyl groups is 1. The van der Waals surface area contributed by atoms with E-state index in [1.807, 2.05) is 19.2 Å². The van der Waals surface area contributed by atoms with Crippen molar-refractivity contribution in [2.24, 2.45) is 0 Å². The van der Waals surface area contributed by atoms with Crippen LogP contribution in [-0.4, -0.2) is 19.6 Å². The summed E-state index contributed by atoms with van der Waals surface area (Å²) in [4.78, 5) is 8.45. The first-order chi connectivity index (χ1) is 9.97. The number of phenolic OH excluding ortho intramolecular Hbond substituents is 1. The first kappa shape index (κ1) is 13.9. The third-order valence-electron chi connectivity index (χ3n) is 3.49. The minimum atomic E-state index is 0.239. The fourth-order valence-corrected chi connectivity index (χ4v) is 2.81. The average Bonchev–Trinajstić information content (AvgIpc) is 2.78. The maximum atomic E-state index is 9.84. The van der Waals surface area contributed by atoms with E-state index in [9.17, 15) is 5.11 Å². The maximum Gasteiger partial charge on any atom is 0.145 e. The summed E-state index contributed by atoms with van der Waals surface area (Å²) in [5.41, 5.74) is 3.64. The lowest BCUT2D eigenvalue weighted by Crippen LogP contribution is -1.99. The van der Waals surface area contributed by atoms with Crippen LogP contribution in [0.3, 0.4) is 0 Å². The maximum absolute atomic E-state index is 9.84. The number of halogens is 1. The van der Waals surface area contributed by atoms with Gasteiger partial charge in [-0.3, -0.25) is 0 Å². The van der Waals surface area contributed by atoms with E-state index in [0.717, 1.165) is 27.7 Å². The molecule has 0 amide bonds. The molecule has 1 N–H and O–H groups in total. The molecule has 0 aliphatic carbocycles. The molecule has 3 rings (SSSR count). The minimum absolute atomic E-state index is 0.239. The SMILES string of the molecule is Cc1cc(O)cc(-c2cn(C(C)C)c3ncnc(Cl)c23)c1. The third-order valence-corrected chi connectivity index (χ3v) is 3.78. The van der Waals surface area contributed by atoms with Gasteiger partial charge in [0.2, 0.25) is 0 Å². The Hall–Kier alpha value is -2.07. The lowest BCUT2D eigenvalue weighted by Gasteiger charge is -2.07. The zero-order valence-electron chi connectivity index (χ0n) is 12.1. The van der Waals surface area contributed by atoms with Crippen molar-refractivity contribution in [2.45, 2.75) is 26.8 Å². The summed E-state index contributed by atoms with van der Waals surface area (Å²) in [5, 5.41) is 11.1. The van der Waals surface area contributed by atoms with Crippen molar-refractivity contribution < 1.29 is 5.11 Å². The van der Waals surface area contributed by atoms with E-state index in [2.05, 4.69) is 28.4 Å². The Bertz CT molecular complexity index is 803. The Morgan fingerprint density at radius 2 is 1.95 bits per heavy atom. The van der Waals surface area contributed by atoms with Crippen LogP contribution in [0.25, 0.3) is 22.2 Å². The molecule has 4 nitrogen and oxygen atoms in total. The van der Waals surface area contributed by atoms with Gasteiger partial charge in [-0.25, -0.2) is 9.97 Å². The Kier molecular flexibility index (Phi) is 3.33. The van der Waals surface area contributed by atoms with Gasteiger partial charge in [-0.05, 0) is 44.0 Å². The van der Waals surface area contributed by atoms with Crippen LogP contribution in [0.4, 0.5) is 0 Å². The Balaban J connectivity index is 2.37. The van der Waals surface area contributed by atoms with Crippen LogP contribution in [0.1, 0.15) is 25.5 Å². The van der Waals surface area contributed by atoms with Gasteiger partial charge in [0.25, 0.3) is 0 Å². The van der Waals surface area contributed by atoms with E-state index in [0.29, 0.717) is 5.15 Å². The smallest absolute Gasteiger partial charge is 0.145 e. The lowest BCUT2D eigenvalue weighted by molar-refractivity contribution is 0.475. The van der Waals surface area contributed by atoms with Gasteiger partial charge in [-0.1, -0.05) is 17.7 Å². The molecule has 2 heterocycles. The van der Waals surface area contributed by atoms with Crippen LogP contribution >= 0.6 is 11.6 Å². The van der Waals surface area contributed by atoms with Crippen molar-refractivity contribution >= 4 is 22.6 Å². The van der Waals surface area contributed by atoms with Crippen LogP contribution in [0.5, 0.6) is 5.75 Å². The first-order valence-corrected chi connectivity index (χ1v) is 7.17. The second-order valence-electron chi connectivity index (χ2n) is 5.46. The number of nitrogens with zero attached hydrogens (tertiary/aromatic N) is 3. The average molecular weight is 302 g/mol. The Labute approximate surface area is 128 Å². The molecule has 2 aromatic heterocycles. The summed E-state index contributed by atoms with van der Waals surface area (Å²) in [6.45, 7) is 6.13. The van der Waals surface area contributed by atoms with Gasteiger partial charge in [0.15, 0.2) is 0 Å². The van der Waals surface area contributed by atoms with Gasteiger partial charge in [0, 0.05) is 17.8 Å². The topological polar surface area (TPSA) is 50.9 Å². The summed E-state index contributed by atoms with van der Waals surface area (Å²) in [7, 11) is 0. The highest BCUT2D eigenvalue weighted by molar-refractivity contribution is 6.35. The fraction of sp³-hybridized carbons (Fsp3) is 0.250. The van der Waals surface area contributed by atoms with Crippen molar-refractivity contribution in [3.63, 3.8) is 0 Å². The Morgan fingerprint density at radius 1 is 1.19 bits per heavy atom. The van der Waals surface area contributed by atoms with Crippen molar-refractivity contribution in [2.75, 3.05) is 0 Å². The monoisotopic (exact) mass is 301 g/mol. The minimum Gasteiger partial charge on any atom is -0.508 e. The van der Waals surface area contributed by atoms with Crippen LogP contribution in [-0.2, 0) is 0 Å². The van der Waals surface area contributed by atoms with Gasteiger partial charge in [-0.2, -0.15) is 0 Å². The quantitative estimate of drug-likeness (QED) is 0.716. The van der Waals surface area contributed by atoms with Crippen molar-refractivity contribution in [1.82, 2.24) is 14.5 Å². The molecule has 0 saturated heterocycles. The van der Waals surface area contributed by atoms with Crippen LogP contribution in [0.2, 0.25) is 5.15 Å². The number of benzene rings is 1. The number of hydrogen-bond donors (Lipinski definition) is 1. The highest BCUT2D eigenvalue weighted by Crippen LogP contribution is 2.36. The zero-order valence-corrected chi connectivity index (χ0v) is 12.9. The predicted molar refractivity (Wildman–Crippen MR) is 84.8 cm³/mol. The number of aryl methyl sites for hydroxylation is 1. The van der Waals surface area contributed by atoms with E-state index in [-0.39, 0.29) is 11.8 Å². The number of fused-ring (bicyclic) bond motifs is 1. The molecular weight excluding hydrogens is 286 g/mol. The van der Waals surface area contributed by atoms with Crippen molar-refractivity contribution in [1.29, 1.82) is 0 Å². The van der Waals surface area contributed by atoms with Crippen LogP contribution in [0.15, 0.2) is 30.7 Å². The largest absolute Gasteiger partial charge is 0.508 e. The van der Waals surface area contributed by atoms with E-state index in [4.69, 9.17) is 11.6 Å². The molecule has 0 unspecified atom stereocenters. The van der Waals surface area contributed by atoms with Crippen LogP contribution < -0.4 is 0 Å². The van der Waals surface area contributed by atoms with Gasteiger partial charge in [-0.15, -0.1) is 0 Å². The molecular formula is C16H16ClN3O. The molecule has 3 aromatic rings. The molecule has 1 aromatic carbocycles. The molecule has 0 spiro atoms. The lowest BCUT2D eigenvalue weighted by atomic mass is 10.0. The van der Waals surface area contributed by atoms with E-state index < -0.39 is 0 Å². The van der Waals surface area contributed by atoms with Gasteiger partial charge >= 0.3 is 0 Å². The van der Waals surface area contributed by atoms with Gasteiger partial charge in [0.1, 0.15) is 22.9 Å². The zero-order chi connectivity index (χ0) is 15.1. The van der Waals surface area contributed by atoms with Gasteiger partial charge < -0.3 is 9.67 Å². The first-order valence-electron chi connectivity index (χ1n) is 6.79. The molecule has 0 fully saturated rings. The van der Waals surface area contributed by atoms with E-state index >= 15 is 0 Å². The highest BCUT2D eigenvalue weighted by Gasteiger charge is 2.17. The van der Waals surface area contributed by atoms with Crippen molar-refractivity contribution in [3.05, 3.63) is 41.4 Å². The molecule has 0 radical (unpaired) electrons. The molecule has 0 saturated carbocycles. The Morgan fingerprint density at radius 3 is 2.62 bits per heavy atom. The molecule has 0 aliphatic rings. The summed E-state index contributed by atoms with van der Waals surface area (Å²) >= 11 is 6.28. The number of phenols is 1. The predicted octanol–water partition coefficient (Wildman–Crippen LogP) is 4.35. The second-order valence-corrected chi connectivity index (χ2v) is 5.82. The molecule has 21 heavy (non-hydrogen) atoms. The van der Waals surface area contributed by atoms with Crippen molar-refractivity contribution in [3.8, 4) is 16.9 Å². The van der Waals surface area contributed by atoms with Crippen LogP contribution in [0, 0.1) is 6.92 Å². The third kappa shape index (κ3) is 2.36. The molecule has 5 heteroatoms. The summed E-state index contributed by atoms with van der Waals surface area (Å²) in [6.07, 6.45) is 3.49. The number of rotatable bonds is 2. The summed E-state index contributed by atoms with van der Waals surface area (Å²) in [6, 6.07) is 5.73. The van der Waals surface area contributed by atoms with E-state index in [1.54, 1.807) is 12.1 Å². The second kappa shape index (κ2) is 5.04. The molecule has 108 valence electrons. The molecule has 0 bridgehead atoms. The summed E-state index contributed by atoms with van der Waals surface area (Å²) < 4.78 is 2.07. The number of hydrogen-bond acceptors (Lipinski definition) is 3. The fourth-order valence-electron chi connectivity index (χ4n) is 2.58. The molecule has 0 aliphatic heterocycles. The summed E-state index contributed by atoms with van der Waals surface area (Å²) in [5.74, 6) is 0.239. The highest BCUT2D eigenvalue weighted by atomic mass is 35.5. The molecule has 0 atom stereocenters. The number of aromatic nitrogens is 3. The standard InChI is InChI=1S/C16H16ClN3O/c1-9(2)20-7-13(11-4-10(3)5-12(21)6-11)14-15(17)18-8-19-16(14)20/h4-9,21H,1-3H3. The van der Waals surface area contributed by atoms with Gasteiger partial charge in [0.05, 0.1) is 5.39 Å². The normalized spacial score (nSPS) is 11.5.